The summed E-state index contributed by atoms with van der Waals surface area (Å²) in [6, 6.07) is 0. The second kappa shape index (κ2) is 10.5. The lowest BCUT2D eigenvalue weighted by molar-refractivity contribution is 0.271. The average molecular weight is 316 g/mol. The summed E-state index contributed by atoms with van der Waals surface area (Å²) >= 11 is 5.41. The Kier molecular flexibility index (Phi) is 9.45. The van der Waals surface area contributed by atoms with Crippen LogP contribution in [0.4, 0.5) is 0 Å². The molecule has 2 N–H and O–H groups in total. The lowest BCUT2D eigenvalue weighted by Gasteiger charge is -2.22. The van der Waals surface area contributed by atoms with Crippen LogP contribution in [0.15, 0.2) is 0 Å². The van der Waals surface area contributed by atoms with Crippen LogP contribution < -0.4 is 5.32 Å². The van der Waals surface area contributed by atoms with E-state index < -0.39 is 0 Å². The molecule has 1 saturated heterocycles. The van der Waals surface area contributed by atoms with Gasteiger partial charge in [0, 0.05) is 6.54 Å². The second-order valence-corrected chi connectivity index (χ2v) is 6.73. The first-order valence-electron chi connectivity index (χ1n) is 8.70. The maximum absolute atomic E-state index is 8.85. The van der Waals surface area contributed by atoms with Gasteiger partial charge in [-0.3, -0.25) is 0 Å². The first kappa shape index (κ1) is 18.9. The number of thiocarbonyl (C=S) groups is 1. The number of unbranched alkanes of at least 4 members (excludes halogenated alkanes) is 7. The molecular weight excluding hydrogens is 282 g/mol. The van der Waals surface area contributed by atoms with Gasteiger partial charge in [0.25, 0.3) is 0 Å². The third-order valence-corrected chi connectivity index (χ3v) is 5.01. The Hall–Kier alpha value is -0.190. The fourth-order valence-corrected chi connectivity index (χ4v) is 3.27. The number of hydrogen-bond donors (Lipinski definition) is 2. The Labute approximate surface area is 135 Å². The van der Waals surface area contributed by atoms with Crippen molar-refractivity contribution in [3.05, 3.63) is 0 Å². The molecule has 1 aliphatic rings. The molecule has 0 saturated carbocycles. The molecule has 21 heavy (non-hydrogen) atoms. The van der Waals surface area contributed by atoms with Crippen LogP contribution in [0.2, 0.25) is 0 Å². The van der Waals surface area contributed by atoms with E-state index in [0.29, 0.717) is 12.5 Å². The summed E-state index contributed by atoms with van der Waals surface area (Å²) in [6.45, 7) is 5.87. The molecule has 0 amide bonds. The maximum Gasteiger partial charge on any atom is 0.144 e. The number of ether oxygens (including phenoxy) is 1. The van der Waals surface area contributed by atoms with Gasteiger partial charge in [-0.25, -0.2) is 0 Å². The Bertz CT molecular complexity index is 293. The lowest BCUT2D eigenvalue weighted by Crippen LogP contribution is -2.41. The van der Waals surface area contributed by atoms with Crippen LogP contribution in [0, 0.1) is 5.92 Å². The monoisotopic (exact) mass is 315 g/mol. The molecule has 2 unspecified atom stereocenters. The Morgan fingerprint density at radius 3 is 2.29 bits per heavy atom. The summed E-state index contributed by atoms with van der Waals surface area (Å²) < 4.78 is 5.65. The van der Waals surface area contributed by atoms with Crippen molar-refractivity contribution >= 4 is 17.2 Å². The van der Waals surface area contributed by atoms with Crippen LogP contribution >= 0.6 is 12.2 Å². The van der Waals surface area contributed by atoms with Crippen molar-refractivity contribution in [3.63, 3.8) is 0 Å². The number of rotatable bonds is 13. The van der Waals surface area contributed by atoms with Gasteiger partial charge in [-0.05, 0) is 12.3 Å². The molecule has 0 bridgehead atoms. The highest BCUT2D eigenvalue weighted by Crippen LogP contribution is 2.39. The van der Waals surface area contributed by atoms with E-state index in [-0.39, 0.29) is 12.2 Å². The van der Waals surface area contributed by atoms with Gasteiger partial charge in [0.1, 0.15) is 10.6 Å². The summed E-state index contributed by atoms with van der Waals surface area (Å²) in [7, 11) is 0. The molecule has 0 aromatic rings. The minimum Gasteiger partial charge on any atom is -0.395 e. The third-order valence-electron chi connectivity index (χ3n) is 4.52. The van der Waals surface area contributed by atoms with Crippen molar-refractivity contribution in [2.24, 2.45) is 5.92 Å². The molecular formula is C17H33NO2S. The zero-order valence-corrected chi connectivity index (χ0v) is 14.6. The Morgan fingerprint density at radius 1 is 1.19 bits per heavy atom. The zero-order chi connectivity index (χ0) is 15.6. The minimum atomic E-state index is -0.231. The molecule has 3 nitrogen and oxygen atoms in total. The number of aliphatic hydroxyl groups is 1. The Balaban J connectivity index is 2.08. The van der Waals surface area contributed by atoms with Crippen molar-refractivity contribution in [2.45, 2.75) is 77.2 Å². The summed E-state index contributed by atoms with van der Waals surface area (Å²) in [4.78, 5) is 0.781. The first-order valence-corrected chi connectivity index (χ1v) is 9.11. The van der Waals surface area contributed by atoms with Crippen LogP contribution in [0.1, 0.15) is 71.6 Å². The number of aliphatic hydroxyl groups excluding tert-OH is 1. The summed E-state index contributed by atoms with van der Waals surface area (Å²) in [5.74, 6) is 0.469. The standard InChI is InChI=1S/C17H33NO2S/c1-3-4-5-6-7-8-9-10-11-15(2)17(14-20-17)16(21)18-12-13-19/h15,19H,3-14H2,1-2H3,(H,18,21). The summed E-state index contributed by atoms with van der Waals surface area (Å²) in [5, 5.41) is 12.0. The van der Waals surface area contributed by atoms with Crippen molar-refractivity contribution in [1.29, 1.82) is 0 Å². The van der Waals surface area contributed by atoms with E-state index in [1.54, 1.807) is 0 Å². The molecule has 1 rings (SSSR count). The van der Waals surface area contributed by atoms with Crippen LogP contribution in [-0.2, 0) is 4.74 Å². The van der Waals surface area contributed by atoms with Crippen molar-refractivity contribution in [3.8, 4) is 0 Å². The molecule has 124 valence electrons. The van der Waals surface area contributed by atoms with Crippen molar-refractivity contribution < 1.29 is 9.84 Å². The third kappa shape index (κ3) is 6.62. The van der Waals surface area contributed by atoms with Gasteiger partial charge in [-0.15, -0.1) is 0 Å². The minimum absolute atomic E-state index is 0.114. The van der Waals surface area contributed by atoms with Gasteiger partial charge in [-0.1, -0.05) is 77.4 Å². The zero-order valence-electron chi connectivity index (χ0n) is 13.8. The second-order valence-electron chi connectivity index (χ2n) is 6.32. The van der Waals surface area contributed by atoms with E-state index in [9.17, 15) is 0 Å². The molecule has 0 spiro atoms. The van der Waals surface area contributed by atoms with Crippen molar-refractivity contribution in [1.82, 2.24) is 5.32 Å². The van der Waals surface area contributed by atoms with Crippen LogP contribution in [0.25, 0.3) is 0 Å². The van der Waals surface area contributed by atoms with Gasteiger partial charge < -0.3 is 15.2 Å². The SMILES string of the molecule is CCCCCCCCCCC(C)C1(C(=S)NCCO)CO1. The van der Waals surface area contributed by atoms with Crippen LogP contribution in [-0.4, -0.2) is 35.5 Å². The predicted octanol–water partition coefficient (Wildman–Crippen LogP) is 3.83. The maximum atomic E-state index is 8.85. The van der Waals surface area contributed by atoms with Crippen LogP contribution in [0.5, 0.6) is 0 Å². The average Bonchev–Trinajstić information content (AvgIpc) is 3.29. The van der Waals surface area contributed by atoms with Gasteiger partial charge in [0.2, 0.25) is 0 Å². The molecule has 4 heteroatoms. The van der Waals surface area contributed by atoms with E-state index in [1.165, 1.54) is 57.8 Å². The normalized spacial score (nSPS) is 22.0. The van der Waals surface area contributed by atoms with E-state index in [2.05, 4.69) is 19.2 Å². The number of epoxide rings is 1. The van der Waals surface area contributed by atoms with E-state index in [1.807, 2.05) is 0 Å². The number of nitrogens with one attached hydrogen (secondary N) is 1. The fraction of sp³-hybridized carbons (Fsp3) is 0.941. The molecule has 0 aliphatic carbocycles. The molecule has 0 aromatic carbocycles. The molecule has 1 fully saturated rings. The highest BCUT2D eigenvalue weighted by atomic mass is 32.1. The lowest BCUT2D eigenvalue weighted by atomic mass is 9.89. The van der Waals surface area contributed by atoms with Gasteiger partial charge in [0.15, 0.2) is 0 Å². The van der Waals surface area contributed by atoms with Gasteiger partial charge in [-0.2, -0.15) is 0 Å². The molecule has 1 aliphatic heterocycles. The van der Waals surface area contributed by atoms with Gasteiger partial charge in [0.05, 0.1) is 13.2 Å². The van der Waals surface area contributed by atoms with Crippen LogP contribution in [0.3, 0.4) is 0 Å². The molecule has 0 aromatic heterocycles. The van der Waals surface area contributed by atoms with E-state index in [4.69, 9.17) is 22.1 Å². The first-order chi connectivity index (χ1) is 10.2. The predicted molar refractivity (Wildman–Crippen MR) is 92.8 cm³/mol. The highest BCUT2D eigenvalue weighted by Gasteiger charge is 2.52. The number of hydrogen-bond acceptors (Lipinski definition) is 3. The quantitative estimate of drug-likeness (QED) is 0.308. The molecule has 0 radical (unpaired) electrons. The fourth-order valence-electron chi connectivity index (χ4n) is 2.85. The summed E-state index contributed by atoms with van der Waals surface area (Å²) in [6.07, 6.45) is 12.0. The highest BCUT2D eigenvalue weighted by molar-refractivity contribution is 7.80. The van der Waals surface area contributed by atoms with Crippen molar-refractivity contribution in [2.75, 3.05) is 19.8 Å². The molecule has 2 atom stereocenters. The van der Waals surface area contributed by atoms with E-state index in [0.717, 1.165) is 11.6 Å². The largest absolute Gasteiger partial charge is 0.395 e. The smallest absolute Gasteiger partial charge is 0.144 e. The topological polar surface area (TPSA) is 44.8 Å². The van der Waals surface area contributed by atoms with Gasteiger partial charge >= 0.3 is 0 Å². The summed E-state index contributed by atoms with van der Waals surface area (Å²) in [5.41, 5.74) is -0.231. The Morgan fingerprint density at radius 2 is 1.76 bits per heavy atom. The van der Waals surface area contributed by atoms with E-state index >= 15 is 0 Å². The molecule has 1 heterocycles.